The van der Waals surface area contributed by atoms with Crippen molar-refractivity contribution in [2.45, 2.75) is 33.3 Å². The van der Waals surface area contributed by atoms with Gasteiger partial charge in [-0.2, -0.15) is 0 Å². The first-order valence-electron chi connectivity index (χ1n) is 10.0. The quantitative estimate of drug-likeness (QED) is 0.438. The number of carbonyl (C=O) groups is 1. The fourth-order valence-electron chi connectivity index (χ4n) is 3.00. The van der Waals surface area contributed by atoms with Crippen LogP contribution in [0.15, 0.2) is 66.7 Å². The van der Waals surface area contributed by atoms with E-state index in [2.05, 4.69) is 19.2 Å². The van der Waals surface area contributed by atoms with E-state index in [9.17, 15) is 4.79 Å². The molecule has 0 aliphatic heterocycles. The second-order valence-corrected chi connectivity index (χ2v) is 7.67. The molecule has 0 bridgehead atoms. The van der Waals surface area contributed by atoms with E-state index in [1.54, 1.807) is 30.3 Å². The smallest absolute Gasteiger partial charge is 0.255 e. The molecule has 30 heavy (non-hydrogen) atoms. The standard InChI is InChI=1S/C25H26ClNO3/c1-4-29-24-13-10-19(14-20(24)16-30-23-7-5-6-21(26)15-23)25(28)27-22-11-8-18(9-12-22)17(2)3/h5-15,17H,4,16H2,1-3H3,(H,27,28). The van der Waals surface area contributed by atoms with Gasteiger partial charge >= 0.3 is 0 Å². The van der Waals surface area contributed by atoms with Gasteiger partial charge in [0.25, 0.3) is 5.91 Å². The molecular formula is C25H26ClNO3. The fraction of sp³-hybridized carbons (Fsp3) is 0.240. The number of halogens is 1. The Balaban J connectivity index is 1.75. The number of amides is 1. The summed E-state index contributed by atoms with van der Waals surface area (Å²) in [6.07, 6.45) is 0. The number of rotatable bonds is 8. The average Bonchev–Trinajstić information content (AvgIpc) is 2.73. The third-order valence-electron chi connectivity index (χ3n) is 4.65. The Morgan fingerprint density at radius 3 is 2.43 bits per heavy atom. The zero-order valence-corrected chi connectivity index (χ0v) is 18.2. The minimum absolute atomic E-state index is 0.181. The van der Waals surface area contributed by atoms with Crippen LogP contribution in [0.5, 0.6) is 11.5 Å². The maximum atomic E-state index is 12.8. The molecule has 0 heterocycles. The first-order chi connectivity index (χ1) is 14.5. The van der Waals surface area contributed by atoms with Crippen molar-refractivity contribution in [2.24, 2.45) is 0 Å². The molecule has 0 radical (unpaired) electrons. The zero-order chi connectivity index (χ0) is 21.5. The maximum Gasteiger partial charge on any atom is 0.255 e. The molecule has 1 N–H and O–H groups in total. The molecule has 0 saturated carbocycles. The lowest BCUT2D eigenvalue weighted by atomic mass is 10.0. The molecule has 5 heteroatoms. The summed E-state index contributed by atoms with van der Waals surface area (Å²) in [5.41, 5.74) is 3.32. The van der Waals surface area contributed by atoms with Crippen molar-refractivity contribution >= 4 is 23.2 Å². The lowest BCUT2D eigenvalue weighted by Crippen LogP contribution is -2.13. The Morgan fingerprint density at radius 1 is 1.00 bits per heavy atom. The summed E-state index contributed by atoms with van der Waals surface area (Å²) in [5.74, 6) is 1.62. The molecule has 0 fully saturated rings. The van der Waals surface area contributed by atoms with Gasteiger partial charge in [0.15, 0.2) is 0 Å². The molecule has 0 aliphatic rings. The third kappa shape index (κ3) is 5.77. The Hall–Kier alpha value is -2.98. The summed E-state index contributed by atoms with van der Waals surface area (Å²) in [6.45, 7) is 6.99. The molecule has 0 atom stereocenters. The van der Waals surface area contributed by atoms with E-state index in [-0.39, 0.29) is 12.5 Å². The molecule has 0 spiro atoms. The molecule has 1 amide bonds. The highest BCUT2D eigenvalue weighted by atomic mass is 35.5. The van der Waals surface area contributed by atoms with Gasteiger partial charge in [-0.25, -0.2) is 0 Å². The van der Waals surface area contributed by atoms with Gasteiger partial charge in [0.05, 0.1) is 6.61 Å². The van der Waals surface area contributed by atoms with Gasteiger partial charge < -0.3 is 14.8 Å². The second-order valence-electron chi connectivity index (χ2n) is 7.23. The predicted octanol–water partition coefficient (Wildman–Crippen LogP) is 6.69. The van der Waals surface area contributed by atoms with Crippen molar-refractivity contribution in [3.05, 3.63) is 88.4 Å². The van der Waals surface area contributed by atoms with E-state index in [1.165, 1.54) is 5.56 Å². The Kier molecular flexibility index (Phi) is 7.36. The summed E-state index contributed by atoms with van der Waals surface area (Å²) in [6, 6.07) is 20.5. The highest BCUT2D eigenvalue weighted by Crippen LogP contribution is 2.25. The Bertz CT molecular complexity index is 1000. The van der Waals surface area contributed by atoms with Crippen molar-refractivity contribution < 1.29 is 14.3 Å². The molecule has 0 aromatic heterocycles. The highest BCUT2D eigenvalue weighted by molar-refractivity contribution is 6.30. The summed E-state index contributed by atoms with van der Waals surface area (Å²) < 4.78 is 11.6. The van der Waals surface area contributed by atoms with E-state index in [4.69, 9.17) is 21.1 Å². The molecule has 3 rings (SSSR count). The lowest BCUT2D eigenvalue weighted by Gasteiger charge is -2.14. The van der Waals surface area contributed by atoms with Crippen LogP contribution < -0.4 is 14.8 Å². The molecule has 3 aromatic carbocycles. The molecule has 156 valence electrons. The Labute approximate surface area is 182 Å². The van der Waals surface area contributed by atoms with Crippen LogP contribution in [-0.2, 0) is 6.61 Å². The SMILES string of the molecule is CCOc1ccc(C(=O)Nc2ccc(C(C)C)cc2)cc1COc1cccc(Cl)c1. The van der Waals surface area contributed by atoms with Gasteiger partial charge in [-0.1, -0.05) is 43.6 Å². The number of anilines is 1. The maximum absolute atomic E-state index is 12.8. The first-order valence-corrected chi connectivity index (χ1v) is 10.4. The van der Waals surface area contributed by atoms with Crippen LogP contribution >= 0.6 is 11.6 Å². The van der Waals surface area contributed by atoms with E-state index >= 15 is 0 Å². The molecule has 3 aromatic rings. The largest absolute Gasteiger partial charge is 0.493 e. The minimum atomic E-state index is -0.181. The van der Waals surface area contributed by atoms with Crippen molar-refractivity contribution in [1.82, 2.24) is 0 Å². The number of benzene rings is 3. The second kappa shape index (κ2) is 10.2. The molecule has 0 unspecified atom stereocenters. The first kappa shape index (κ1) is 21.7. The monoisotopic (exact) mass is 423 g/mol. The van der Waals surface area contributed by atoms with Gasteiger partial charge in [-0.05, 0) is 66.9 Å². The van der Waals surface area contributed by atoms with Gasteiger partial charge in [0.2, 0.25) is 0 Å². The molecule has 0 saturated heterocycles. The van der Waals surface area contributed by atoms with Crippen LogP contribution in [0.4, 0.5) is 5.69 Å². The summed E-state index contributed by atoms with van der Waals surface area (Å²) >= 11 is 6.02. The van der Waals surface area contributed by atoms with Crippen molar-refractivity contribution in [3.8, 4) is 11.5 Å². The number of ether oxygens (including phenoxy) is 2. The van der Waals surface area contributed by atoms with Crippen LogP contribution in [0.25, 0.3) is 0 Å². The van der Waals surface area contributed by atoms with Crippen LogP contribution in [0.1, 0.15) is 48.2 Å². The summed E-state index contributed by atoms with van der Waals surface area (Å²) in [4.78, 5) is 12.8. The van der Waals surface area contributed by atoms with Crippen molar-refractivity contribution in [1.29, 1.82) is 0 Å². The van der Waals surface area contributed by atoms with Gasteiger partial charge in [-0.3, -0.25) is 4.79 Å². The van der Waals surface area contributed by atoms with Crippen LogP contribution in [0, 0.1) is 0 Å². The van der Waals surface area contributed by atoms with Crippen LogP contribution in [0.2, 0.25) is 5.02 Å². The number of nitrogens with one attached hydrogen (secondary N) is 1. The normalized spacial score (nSPS) is 10.7. The van der Waals surface area contributed by atoms with Gasteiger partial charge in [0.1, 0.15) is 18.1 Å². The average molecular weight is 424 g/mol. The van der Waals surface area contributed by atoms with Crippen LogP contribution in [0.3, 0.4) is 0 Å². The van der Waals surface area contributed by atoms with Crippen molar-refractivity contribution in [3.63, 3.8) is 0 Å². The van der Waals surface area contributed by atoms with E-state index < -0.39 is 0 Å². The predicted molar refractivity (Wildman–Crippen MR) is 122 cm³/mol. The van der Waals surface area contributed by atoms with Crippen molar-refractivity contribution in [2.75, 3.05) is 11.9 Å². The van der Waals surface area contributed by atoms with Crippen LogP contribution in [-0.4, -0.2) is 12.5 Å². The molecule has 0 aliphatic carbocycles. The van der Waals surface area contributed by atoms with E-state index in [1.807, 2.05) is 43.3 Å². The highest BCUT2D eigenvalue weighted by Gasteiger charge is 2.12. The minimum Gasteiger partial charge on any atom is -0.493 e. The summed E-state index contributed by atoms with van der Waals surface area (Å²) in [5, 5.41) is 3.55. The van der Waals surface area contributed by atoms with E-state index in [0.29, 0.717) is 34.6 Å². The van der Waals surface area contributed by atoms with E-state index in [0.717, 1.165) is 11.3 Å². The number of hydrogen-bond donors (Lipinski definition) is 1. The lowest BCUT2D eigenvalue weighted by molar-refractivity contribution is 0.102. The number of hydrogen-bond acceptors (Lipinski definition) is 3. The summed E-state index contributed by atoms with van der Waals surface area (Å²) in [7, 11) is 0. The zero-order valence-electron chi connectivity index (χ0n) is 17.4. The fourth-order valence-corrected chi connectivity index (χ4v) is 3.18. The third-order valence-corrected chi connectivity index (χ3v) is 4.88. The molecular weight excluding hydrogens is 398 g/mol. The van der Waals surface area contributed by atoms with Gasteiger partial charge in [0, 0.05) is 21.8 Å². The van der Waals surface area contributed by atoms with Gasteiger partial charge in [-0.15, -0.1) is 0 Å². The topological polar surface area (TPSA) is 47.6 Å². The number of carbonyl (C=O) groups excluding carboxylic acids is 1. The molecule has 4 nitrogen and oxygen atoms in total. The Morgan fingerprint density at radius 2 is 1.77 bits per heavy atom.